The van der Waals surface area contributed by atoms with Crippen LogP contribution in [0.4, 0.5) is 0 Å². The molecule has 1 aromatic rings. The van der Waals surface area contributed by atoms with Crippen LogP contribution in [0.25, 0.3) is 0 Å². The number of carbonyl (C=O) groups is 1. The van der Waals surface area contributed by atoms with Gasteiger partial charge in [0, 0.05) is 6.92 Å². The lowest BCUT2D eigenvalue weighted by atomic mass is 9.92. The molecule has 1 aromatic heterocycles. The molecule has 0 aliphatic carbocycles. The molecule has 0 radical (unpaired) electrons. The van der Waals surface area contributed by atoms with Gasteiger partial charge in [0.25, 0.3) is 0 Å². The zero-order valence-electron chi connectivity index (χ0n) is 9.87. The van der Waals surface area contributed by atoms with Crippen LogP contribution < -0.4 is 5.32 Å². The summed E-state index contributed by atoms with van der Waals surface area (Å²) in [5.74, 6) is 1.00. The van der Waals surface area contributed by atoms with Crippen LogP contribution in [-0.4, -0.2) is 20.0 Å². The molecule has 0 aromatic carbocycles. The maximum atomic E-state index is 11.8. The first kappa shape index (κ1) is 13.4. The van der Waals surface area contributed by atoms with Gasteiger partial charge in [-0.15, -0.1) is 0 Å². The van der Waals surface area contributed by atoms with E-state index < -0.39 is 0 Å². The lowest BCUT2D eigenvalue weighted by Gasteiger charge is -2.24. The second kappa shape index (κ2) is 5.11. The van der Waals surface area contributed by atoms with Crippen LogP contribution in [0.5, 0.6) is 0 Å². The first-order valence-electron chi connectivity index (χ1n) is 5.01. The van der Waals surface area contributed by atoms with Crippen LogP contribution in [0.1, 0.15) is 32.5 Å². The Balaban J connectivity index is 2.47. The predicted molar refractivity (Wildman–Crippen MR) is 68.1 cm³/mol. The molecule has 1 unspecified atom stereocenters. The van der Waals surface area contributed by atoms with Crippen molar-refractivity contribution in [3.63, 3.8) is 0 Å². The molecule has 1 atom stereocenters. The van der Waals surface area contributed by atoms with Crippen LogP contribution in [0, 0.1) is 12.3 Å². The zero-order chi connectivity index (χ0) is 12.3. The summed E-state index contributed by atoms with van der Waals surface area (Å²) >= 11 is 2.15. The highest BCUT2D eigenvalue weighted by Gasteiger charge is 2.28. The molecular formula is C10H16IN3O2. The zero-order valence-corrected chi connectivity index (χ0v) is 12.0. The van der Waals surface area contributed by atoms with Gasteiger partial charge in [-0.1, -0.05) is 48.5 Å². The summed E-state index contributed by atoms with van der Waals surface area (Å²) in [5.41, 5.74) is -0.0577. The van der Waals surface area contributed by atoms with Gasteiger partial charge in [-0.3, -0.25) is 4.79 Å². The van der Waals surface area contributed by atoms with E-state index >= 15 is 0 Å². The number of nitrogens with one attached hydrogen (secondary N) is 1. The van der Waals surface area contributed by atoms with Crippen molar-refractivity contribution in [2.75, 3.05) is 0 Å². The van der Waals surface area contributed by atoms with Gasteiger partial charge < -0.3 is 9.84 Å². The molecule has 1 rings (SSSR count). The summed E-state index contributed by atoms with van der Waals surface area (Å²) in [7, 11) is 0. The van der Waals surface area contributed by atoms with E-state index in [2.05, 4.69) is 38.0 Å². The monoisotopic (exact) mass is 337 g/mol. The number of aromatic nitrogens is 2. The Morgan fingerprint density at radius 3 is 2.62 bits per heavy atom. The summed E-state index contributed by atoms with van der Waals surface area (Å²) in [5, 5.41) is 6.49. The second-order valence-electron chi connectivity index (χ2n) is 4.68. The summed E-state index contributed by atoms with van der Waals surface area (Å²) in [6, 6.07) is 0. The van der Waals surface area contributed by atoms with Gasteiger partial charge in [-0.05, 0) is 5.41 Å². The van der Waals surface area contributed by atoms with Crippen LogP contribution in [0.2, 0.25) is 0 Å². The molecule has 0 aliphatic heterocycles. The third-order valence-electron chi connectivity index (χ3n) is 1.98. The van der Waals surface area contributed by atoms with Gasteiger partial charge in [0.2, 0.25) is 11.8 Å². The number of rotatable bonds is 3. The highest BCUT2D eigenvalue weighted by Crippen LogP contribution is 2.26. The van der Waals surface area contributed by atoms with E-state index in [-0.39, 0.29) is 15.2 Å². The SMILES string of the molecule is Cc1nc(CNC(=O)C(I)C(C)(C)C)no1. The number of amides is 1. The number of hydrogen-bond donors (Lipinski definition) is 1. The molecule has 90 valence electrons. The lowest BCUT2D eigenvalue weighted by Crippen LogP contribution is -2.38. The van der Waals surface area contributed by atoms with Gasteiger partial charge in [0.15, 0.2) is 5.82 Å². The van der Waals surface area contributed by atoms with Crippen LogP contribution >= 0.6 is 22.6 Å². The molecule has 0 fully saturated rings. The van der Waals surface area contributed by atoms with Gasteiger partial charge in [0.1, 0.15) is 0 Å². The summed E-state index contributed by atoms with van der Waals surface area (Å²) in [6.45, 7) is 8.12. The average Bonchev–Trinajstić information content (AvgIpc) is 2.58. The van der Waals surface area contributed by atoms with E-state index in [0.29, 0.717) is 18.3 Å². The van der Waals surface area contributed by atoms with Gasteiger partial charge in [0.05, 0.1) is 10.5 Å². The van der Waals surface area contributed by atoms with Crippen molar-refractivity contribution < 1.29 is 9.32 Å². The Labute approximate surface area is 109 Å². The number of hydrogen-bond acceptors (Lipinski definition) is 4. The number of halogens is 1. The average molecular weight is 337 g/mol. The van der Waals surface area contributed by atoms with Gasteiger partial charge in [-0.25, -0.2) is 0 Å². The fraction of sp³-hybridized carbons (Fsp3) is 0.700. The maximum absolute atomic E-state index is 11.8. The molecule has 0 aliphatic rings. The molecule has 5 nitrogen and oxygen atoms in total. The van der Waals surface area contributed by atoms with Crippen molar-refractivity contribution >= 4 is 28.5 Å². The third-order valence-corrected chi connectivity index (χ3v) is 4.42. The molecule has 0 saturated carbocycles. The molecule has 0 bridgehead atoms. The van der Waals surface area contributed by atoms with Gasteiger partial charge in [-0.2, -0.15) is 4.98 Å². The van der Waals surface area contributed by atoms with Crippen LogP contribution in [0.3, 0.4) is 0 Å². The Hall–Kier alpha value is -0.660. The van der Waals surface area contributed by atoms with Crippen LogP contribution in [0.15, 0.2) is 4.52 Å². The molecule has 1 amide bonds. The third kappa shape index (κ3) is 3.73. The first-order chi connectivity index (χ1) is 7.30. The Morgan fingerprint density at radius 1 is 1.56 bits per heavy atom. The lowest BCUT2D eigenvalue weighted by molar-refractivity contribution is -0.121. The fourth-order valence-corrected chi connectivity index (χ4v) is 1.28. The standard InChI is InChI=1S/C10H16IN3O2/c1-6-13-7(14-16-6)5-12-9(15)8(11)10(2,3)4/h8H,5H2,1-4H3,(H,12,15). The predicted octanol–water partition coefficient (Wildman–Crippen LogP) is 1.84. The minimum Gasteiger partial charge on any atom is -0.348 e. The second-order valence-corrected chi connectivity index (χ2v) is 5.92. The maximum Gasteiger partial charge on any atom is 0.233 e. The summed E-state index contributed by atoms with van der Waals surface area (Å²) < 4.78 is 4.73. The molecule has 0 spiro atoms. The molecular weight excluding hydrogens is 321 g/mol. The normalized spacial score (nSPS) is 13.6. The van der Waals surface area contributed by atoms with E-state index in [1.165, 1.54) is 0 Å². The minimum atomic E-state index is -0.0851. The van der Waals surface area contributed by atoms with E-state index in [4.69, 9.17) is 4.52 Å². The van der Waals surface area contributed by atoms with Crippen molar-refractivity contribution in [3.05, 3.63) is 11.7 Å². The molecule has 16 heavy (non-hydrogen) atoms. The van der Waals surface area contributed by atoms with Gasteiger partial charge >= 0.3 is 0 Å². The topological polar surface area (TPSA) is 68.0 Å². The van der Waals surface area contributed by atoms with E-state index in [9.17, 15) is 4.79 Å². The highest BCUT2D eigenvalue weighted by molar-refractivity contribution is 14.1. The summed E-state index contributed by atoms with van der Waals surface area (Å²) in [4.78, 5) is 15.8. The number of nitrogens with zero attached hydrogens (tertiary/aromatic N) is 2. The van der Waals surface area contributed by atoms with E-state index in [1.54, 1.807) is 6.92 Å². The van der Waals surface area contributed by atoms with E-state index in [0.717, 1.165) is 0 Å². The highest BCUT2D eigenvalue weighted by atomic mass is 127. The number of carbonyl (C=O) groups excluding carboxylic acids is 1. The minimum absolute atomic E-state index is 0.00412. The molecule has 1 heterocycles. The van der Waals surface area contributed by atoms with Crippen molar-refractivity contribution in [1.29, 1.82) is 0 Å². The fourth-order valence-electron chi connectivity index (χ4n) is 1.06. The Morgan fingerprint density at radius 2 is 2.19 bits per heavy atom. The Kier molecular flexibility index (Phi) is 4.28. The number of aryl methyl sites for hydroxylation is 1. The van der Waals surface area contributed by atoms with E-state index in [1.807, 2.05) is 20.8 Å². The quantitative estimate of drug-likeness (QED) is 0.675. The van der Waals surface area contributed by atoms with Crippen LogP contribution in [-0.2, 0) is 11.3 Å². The number of alkyl halides is 1. The van der Waals surface area contributed by atoms with Crippen molar-refractivity contribution in [3.8, 4) is 0 Å². The molecule has 1 N–H and O–H groups in total. The Bertz CT molecular complexity index is 370. The first-order valence-corrected chi connectivity index (χ1v) is 6.26. The largest absolute Gasteiger partial charge is 0.348 e. The molecule has 6 heteroatoms. The summed E-state index contributed by atoms with van der Waals surface area (Å²) in [6.07, 6.45) is 0. The van der Waals surface area contributed by atoms with Crippen molar-refractivity contribution in [2.45, 2.75) is 38.2 Å². The smallest absolute Gasteiger partial charge is 0.233 e. The molecule has 0 saturated heterocycles. The van der Waals surface area contributed by atoms with Crippen molar-refractivity contribution in [1.82, 2.24) is 15.5 Å². The van der Waals surface area contributed by atoms with Crippen molar-refractivity contribution in [2.24, 2.45) is 5.41 Å².